The SMILES string of the molecule is CCc1ccc(CNC2c3cccc4[nH]cc(c34)C3C2c2ccccc2C(=O)N3C)cc1. The lowest BCUT2D eigenvalue weighted by molar-refractivity contribution is 0.0645. The van der Waals surface area contributed by atoms with E-state index in [1.165, 1.54) is 27.6 Å². The molecule has 0 saturated carbocycles. The number of rotatable bonds is 4. The summed E-state index contributed by atoms with van der Waals surface area (Å²) in [5.74, 6) is 0.252. The van der Waals surface area contributed by atoms with Gasteiger partial charge in [-0.1, -0.05) is 61.5 Å². The van der Waals surface area contributed by atoms with Gasteiger partial charge in [0.15, 0.2) is 0 Å². The minimum atomic E-state index is 0.000942. The molecule has 160 valence electrons. The lowest BCUT2D eigenvalue weighted by atomic mass is 9.70. The van der Waals surface area contributed by atoms with Gasteiger partial charge < -0.3 is 15.2 Å². The predicted molar refractivity (Wildman–Crippen MR) is 128 cm³/mol. The van der Waals surface area contributed by atoms with Gasteiger partial charge in [0.1, 0.15) is 0 Å². The first kappa shape index (κ1) is 19.3. The van der Waals surface area contributed by atoms with Gasteiger partial charge in [0.25, 0.3) is 5.91 Å². The molecule has 1 aliphatic heterocycles. The number of H-pyrrole nitrogens is 1. The van der Waals surface area contributed by atoms with Crippen molar-refractivity contribution in [3.63, 3.8) is 0 Å². The van der Waals surface area contributed by atoms with Crippen molar-refractivity contribution < 1.29 is 4.79 Å². The lowest BCUT2D eigenvalue weighted by Gasteiger charge is -2.46. The van der Waals surface area contributed by atoms with Gasteiger partial charge in [0.05, 0.1) is 6.04 Å². The molecule has 0 bridgehead atoms. The summed E-state index contributed by atoms with van der Waals surface area (Å²) in [6.07, 6.45) is 3.15. The molecule has 3 atom stereocenters. The molecule has 4 nitrogen and oxygen atoms in total. The van der Waals surface area contributed by atoms with Gasteiger partial charge >= 0.3 is 0 Å². The van der Waals surface area contributed by atoms with Crippen LogP contribution >= 0.6 is 0 Å². The Hall–Kier alpha value is -3.37. The maximum absolute atomic E-state index is 13.3. The second kappa shape index (κ2) is 7.35. The molecular weight excluding hydrogens is 394 g/mol. The molecule has 2 N–H and O–H groups in total. The summed E-state index contributed by atoms with van der Waals surface area (Å²) in [7, 11) is 1.95. The molecule has 1 amide bonds. The molecule has 32 heavy (non-hydrogen) atoms. The van der Waals surface area contributed by atoms with Crippen LogP contribution in [0, 0.1) is 0 Å². The highest BCUT2D eigenvalue weighted by molar-refractivity contribution is 5.99. The first-order chi connectivity index (χ1) is 15.7. The fourth-order valence-electron chi connectivity index (χ4n) is 5.76. The quantitative estimate of drug-likeness (QED) is 0.458. The number of likely N-dealkylation sites (N-methyl/N-ethyl adjacent to an activating group) is 1. The highest BCUT2D eigenvalue weighted by Crippen LogP contribution is 2.54. The normalized spacial score (nSPS) is 21.5. The largest absolute Gasteiger partial charge is 0.361 e. The number of fused-ring (bicyclic) bond motifs is 4. The van der Waals surface area contributed by atoms with Crippen LogP contribution in [0.15, 0.2) is 72.9 Å². The summed E-state index contributed by atoms with van der Waals surface area (Å²) in [4.78, 5) is 18.7. The van der Waals surface area contributed by atoms with Gasteiger partial charge in [0, 0.05) is 53.8 Å². The van der Waals surface area contributed by atoms with Gasteiger partial charge in [-0.2, -0.15) is 0 Å². The van der Waals surface area contributed by atoms with Gasteiger partial charge in [-0.25, -0.2) is 0 Å². The lowest BCUT2D eigenvalue weighted by Crippen LogP contribution is -2.45. The zero-order valence-electron chi connectivity index (χ0n) is 18.4. The number of nitrogens with zero attached hydrogens (tertiary/aromatic N) is 1. The molecule has 3 aromatic carbocycles. The Kier molecular flexibility index (Phi) is 4.44. The van der Waals surface area contributed by atoms with E-state index in [2.05, 4.69) is 78.0 Å². The number of hydrogen-bond acceptors (Lipinski definition) is 2. The Morgan fingerprint density at radius 1 is 0.906 bits per heavy atom. The van der Waals surface area contributed by atoms with Crippen molar-refractivity contribution in [3.05, 3.63) is 106 Å². The topological polar surface area (TPSA) is 48.1 Å². The zero-order chi connectivity index (χ0) is 21.8. The van der Waals surface area contributed by atoms with Crippen LogP contribution in [-0.4, -0.2) is 22.8 Å². The molecule has 1 aromatic heterocycles. The molecule has 0 fully saturated rings. The average molecular weight is 422 g/mol. The predicted octanol–water partition coefficient (Wildman–Crippen LogP) is 5.49. The number of carbonyl (C=O) groups is 1. The number of benzene rings is 3. The van der Waals surface area contributed by atoms with Gasteiger partial charge in [-0.05, 0) is 40.8 Å². The molecule has 2 aliphatic rings. The number of aromatic nitrogens is 1. The molecule has 4 aromatic rings. The van der Waals surface area contributed by atoms with Gasteiger partial charge in [0.2, 0.25) is 0 Å². The van der Waals surface area contributed by atoms with Crippen molar-refractivity contribution in [3.8, 4) is 0 Å². The van der Waals surface area contributed by atoms with E-state index < -0.39 is 0 Å². The Morgan fingerprint density at radius 2 is 1.66 bits per heavy atom. The molecule has 3 unspecified atom stereocenters. The number of aryl methyl sites for hydroxylation is 1. The van der Waals surface area contributed by atoms with Gasteiger partial charge in [-0.15, -0.1) is 0 Å². The van der Waals surface area contributed by atoms with Crippen molar-refractivity contribution >= 4 is 16.8 Å². The van der Waals surface area contributed by atoms with Crippen molar-refractivity contribution in [2.24, 2.45) is 0 Å². The van der Waals surface area contributed by atoms with E-state index in [0.717, 1.165) is 29.6 Å². The molecule has 4 heteroatoms. The Labute approximate surface area is 188 Å². The number of amides is 1. The van der Waals surface area contributed by atoms with Crippen LogP contribution in [0.1, 0.15) is 63.1 Å². The fourth-order valence-corrected chi connectivity index (χ4v) is 5.76. The summed E-state index contributed by atoms with van der Waals surface area (Å²) in [6.45, 7) is 2.97. The highest BCUT2D eigenvalue weighted by atomic mass is 16.2. The fraction of sp³-hybridized carbons (Fsp3) is 0.250. The Balaban J connectivity index is 1.49. The first-order valence-electron chi connectivity index (χ1n) is 11.4. The summed E-state index contributed by atoms with van der Waals surface area (Å²) in [5.41, 5.74) is 8.26. The molecule has 0 saturated heterocycles. The average Bonchev–Trinajstić information content (AvgIpc) is 3.27. The number of nitrogens with one attached hydrogen (secondary N) is 2. The molecule has 0 spiro atoms. The smallest absolute Gasteiger partial charge is 0.254 e. The van der Waals surface area contributed by atoms with E-state index >= 15 is 0 Å². The number of aromatic amines is 1. The zero-order valence-corrected chi connectivity index (χ0v) is 18.4. The summed E-state index contributed by atoms with van der Waals surface area (Å²) < 4.78 is 0. The molecular formula is C28H27N3O. The summed E-state index contributed by atoms with van der Waals surface area (Å²) >= 11 is 0. The maximum Gasteiger partial charge on any atom is 0.254 e. The molecule has 6 rings (SSSR count). The second-order valence-corrected chi connectivity index (χ2v) is 9.02. The monoisotopic (exact) mass is 421 g/mol. The van der Waals surface area contributed by atoms with E-state index in [0.29, 0.717) is 0 Å². The Bertz CT molecular complexity index is 1320. The third-order valence-corrected chi connectivity index (χ3v) is 7.37. The van der Waals surface area contributed by atoms with E-state index in [4.69, 9.17) is 0 Å². The molecule has 2 heterocycles. The molecule has 0 radical (unpaired) electrons. The van der Waals surface area contributed by atoms with Crippen LogP contribution in [0.4, 0.5) is 0 Å². The summed E-state index contributed by atoms with van der Waals surface area (Å²) in [6, 6.07) is 23.6. The maximum atomic E-state index is 13.3. The standard InChI is InChI=1S/C28H27N3O/c1-3-17-11-13-18(14-12-17)15-30-26-21-9-6-10-23-24(21)22(16-29-23)27-25(26)19-7-4-5-8-20(19)28(32)31(27)2/h4-14,16,25-27,29-30H,3,15H2,1-2H3. The van der Waals surface area contributed by atoms with E-state index in [1.54, 1.807) is 0 Å². The van der Waals surface area contributed by atoms with Crippen molar-refractivity contribution in [1.82, 2.24) is 15.2 Å². The first-order valence-corrected chi connectivity index (χ1v) is 11.4. The molecule has 1 aliphatic carbocycles. The van der Waals surface area contributed by atoms with Crippen LogP contribution in [0.25, 0.3) is 10.9 Å². The van der Waals surface area contributed by atoms with Crippen molar-refractivity contribution in [1.29, 1.82) is 0 Å². The van der Waals surface area contributed by atoms with Crippen LogP contribution in [0.5, 0.6) is 0 Å². The minimum absolute atomic E-state index is 0.000942. The van der Waals surface area contributed by atoms with E-state index in [-0.39, 0.29) is 23.9 Å². The Morgan fingerprint density at radius 3 is 2.47 bits per heavy atom. The number of carbonyl (C=O) groups excluding carboxylic acids is 1. The third kappa shape index (κ3) is 2.76. The number of hydrogen-bond donors (Lipinski definition) is 2. The van der Waals surface area contributed by atoms with Gasteiger partial charge in [-0.3, -0.25) is 4.79 Å². The van der Waals surface area contributed by atoms with Crippen LogP contribution in [0.3, 0.4) is 0 Å². The third-order valence-electron chi connectivity index (χ3n) is 7.37. The second-order valence-electron chi connectivity index (χ2n) is 9.02. The van der Waals surface area contributed by atoms with E-state index in [9.17, 15) is 4.79 Å². The highest BCUT2D eigenvalue weighted by Gasteiger charge is 2.47. The van der Waals surface area contributed by atoms with Crippen LogP contribution in [-0.2, 0) is 13.0 Å². The summed E-state index contributed by atoms with van der Waals surface area (Å²) in [5, 5.41) is 5.15. The van der Waals surface area contributed by atoms with Crippen molar-refractivity contribution in [2.45, 2.75) is 37.9 Å². The minimum Gasteiger partial charge on any atom is -0.361 e. The van der Waals surface area contributed by atoms with E-state index in [1.807, 2.05) is 24.1 Å². The van der Waals surface area contributed by atoms with Crippen molar-refractivity contribution in [2.75, 3.05) is 7.05 Å². The van der Waals surface area contributed by atoms with Crippen LogP contribution in [0.2, 0.25) is 0 Å². The van der Waals surface area contributed by atoms with Crippen LogP contribution < -0.4 is 5.32 Å².